The summed E-state index contributed by atoms with van der Waals surface area (Å²) in [6, 6.07) is 20.6. The molecule has 8 heteroatoms. The van der Waals surface area contributed by atoms with Crippen molar-refractivity contribution in [1.82, 2.24) is 4.72 Å². The minimum Gasteiger partial charge on any atom is -0.365 e. The summed E-state index contributed by atoms with van der Waals surface area (Å²) in [6.45, 7) is 0.808. The second-order valence-electron chi connectivity index (χ2n) is 7.54. The van der Waals surface area contributed by atoms with Crippen LogP contribution in [0.2, 0.25) is 0 Å². The van der Waals surface area contributed by atoms with Gasteiger partial charge in [-0.25, -0.2) is 13.1 Å². The number of alkyl halides is 3. The minimum atomic E-state index is -4.46. The number of halogens is 3. The van der Waals surface area contributed by atoms with E-state index in [4.69, 9.17) is 0 Å². The smallest absolute Gasteiger partial charge is 0.365 e. The molecule has 0 fully saturated rings. The monoisotopic (exact) mass is 446 g/mol. The van der Waals surface area contributed by atoms with Gasteiger partial charge in [-0.3, -0.25) is 0 Å². The molecule has 1 atom stereocenters. The molecule has 0 spiro atoms. The lowest BCUT2D eigenvalue weighted by Gasteiger charge is -2.37. The first-order chi connectivity index (χ1) is 14.7. The standard InChI is InChI=1S/C23H21F3N2O2S/c24-23(25,26)19-11-12-22-18(13-19)14-20(16-28(22)15-17-7-3-1-4-8-17)27-31(29,30)21-9-5-2-6-10-21/h1-13,20,27H,14-16H2. The lowest BCUT2D eigenvalue weighted by atomic mass is 9.95. The molecule has 0 saturated heterocycles. The number of benzene rings is 3. The molecule has 1 heterocycles. The predicted octanol–water partition coefficient (Wildman–Crippen LogP) is 4.62. The molecular formula is C23H21F3N2O2S. The van der Waals surface area contributed by atoms with Crippen LogP contribution in [0.25, 0.3) is 0 Å². The summed E-state index contributed by atoms with van der Waals surface area (Å²) in [6.07, 6.45) is -4.29. The predicted molar refractivity (Wildman–Crippen MR) is 113 cm³/mol. The molecule has 3 aromatic carbocycles. The van der Waals surface area contributed by atoms with Gasteiger partial charge in [-0.15, -0.1) is 0 Å². The maximum Gasteiger partial charge on any atom is 0.416 e. The number of hydrogen-bond acceptors (Lipinski definition) is 3. The van der Waals surface area contributed by atoms with Crippen LogP contribution in [0.1, 0.15) is 16.7 Å². The van der Waals surface area contributed by atoms with E-state index in [2.05, 4.69) is 4.72 Å². The molecule has 0 aliphatic carbocycles. The Hall–Kier alpha value is -2.84. The van der Waals surface area contributed by atoms with Crippen LogP contribution in [-0.4, -0.2) is 21.0 Å². The maximum absolute atomic E-state index is 13.3. The van der Waals surface area contributed by atoms with Crippen molar-refractivity contribution in [3.63, 3.8) is 0 Å². The molecule has 0 saturated carbocycles. The number of anilines is 1. The highest BCUT2D eigenvalue weighted by atomic mass is 32.2. The summed E-state index contributed by atoms with van der Waals surface area (Å²) in [5, 5.41) is 0. The Bertz CT molecular complexity index is 1150. The Morgan fingerprint density at radius 1 is 0.935 bits per heavy atom. The van der Waals surface area contributed by atoms with Gasteiger partial charge < -0.3 is 4.90 Å². The number of nitrogens with zero attached hydrogens (tertiary/aromatic N) is 1. The van der Waals surface area contributed by atoms with Crippen molar-refractivity contribution in [2.24, 2.45) is 0 Å². The normalized spacial score (nSPS) is 16.7. The summed E-state index contributed by atoms with van der Waals surface area (Å²) < 4.78 is 68.1. The van der Waals surface area contributed by atoms with Crippen molar-refractivity contribution in [2.45, 2.75) is 30.1 Å². The van der Waals surface area contributed by atoms with Crippen molar-refractivity contribution in [1.29, 1.82) is 0 Å². The van der Waals surface area contributed by atoms with Gasteiger partial charge in [0.25, 0.3) is 0 Å². The quantitative estimate of drug-likeness (QED) is 0.623. The fraction of sp³-hybridized carbons (Fsp3) is 0.217. The summed E-state index contributed by atoms with van der Waals surface area (Å²) in [4.78, 5) is 2.05. The molecule has 1 unspecified atom stereocenters. The van der Waals surface area contributed by atoms with Gasteiger partial charge in [0.2, 0.25) is 10.0 Å². The zero-order chi connectivity index (χ0) is 22.1. The molecule has 0 radical (unpaired) electrons. The first kappa shape index (κ1) is 21.4. The largest absolute Gasteiger partial charge is 0.416 e. The first-order valence-electron chi connectivity index (χ1n) is 9.79. The highest BCUT2D eigenvalue weighted by Crippen LogP contribution is 2.36. The summed E-state index contributed by atoms with van der Waals surface area (Å²) >= 11 is 0. The SMILES string of the molecule is O=S(=O)(NC1Cc2cc(C(F)(F)F)ccc2N(Cc2ccccc2)C1)c1ccccc1. The number of hydrogen-bond donors (Lipinski definition) is 1. The molecule has 3 aromatic rings. The Morgan fingerprint density at radius 2 is 1.58 bits per heavy atom. The Labute approximate surface area is 179 Å². The molecule has 1 N–H and O–H groups in total. The van der Waals surface area contributed by atoms with Crippen molar-refractivity contribution in [2.75, 3.05) is 11.4 Å². The van der Waals surface area contributed by atoms with Crippen molar-refractivity contribution in [3.8, 4) is 0 Å². The average Bonchev–Trinajstić information content (AvgIpc) is 2.74. The summed E-state index contributed by atoms with van der Waals surface area (Å²) in [5.74, 6) is 0. The lowest BCUT2D eigenvalue weighted by molar-refractivity contribution is -0.137. The van der Waals surface area contributed by atoms with E-state index in [1.54, 1.807) is 18.2 Å². The van der Waals surface area contributed by atoms with Crippen LogP contribution < -0.4 is 9.62 Å². The second-order valence-corrected chi connectivity index (χ2v) is 9.26. The molecule has 1 aliphatic rings. The van der Waals surface area contributed by atoms with Crippen LogP contribution in [0.4, 0.5) is 18.9 Å². The molecule has 4 nitrogen and oxygen atoms in total. The molecule has 31 heavy (non-hydrogen) atoms. The molecule has 1 aliphatic heterocycles. The number of fused-ring (bicyclic) bond motifs is 1. The van der Waals surface area contributed by atoms with E-state index in [1.807, 2.05) is 35.2 Å². The van der Waals surface area contributed by atoms with Gasteiger partial charge in [-0.1, -0.05) is 48.5 Å². The number of rotatable bonds is 5. The summed E-state index contributed by atoms with van der Waals surface area (Å²) in [5.41, 5.74) is 1.40. The van der Waals surface area contributed by atoms with Crippen molar-refractivity contribution < 1.29 is 21.6 Å². The van der Waals surface area contributed by atoms with Crippen LogP contribution in [0.5, 0.6) is 0 Å². The second kappa shape index (κ2) is 8.36. The van der Waals surface area contributed by atoms with E-state index in [0.29, 0.717) is 24.3 Å². The molecule has 0 bridgehead atoms. The van der Waals surface area contributed by atoms with E-state index < -0.39 is 27.8 Å². The minimum absolute atomic E-state index is 0.124. The van der Waals surface area contributed by atoms with Gasteiger partial charge in [-0.2, -0.15) is 13.2 Å². The number of sulfonamides is 1. The van der Waals surface area contributed by atoms with Crippen molar-refractivity contribution in [3.05, 3.63) is 95.6 Å². The van der Waals surface area contributed by atoms with Gasteiger partial charge in [-0.05, 0) is 47.9 Å². The van der Waals surface area contributed by atoms with Gasteiger partial charge >= 0.3 is 6.18 Å². The van der Waals surface area contributed by atoms with Gasteiger partial charge in [0.15, 0.2) is 0 Å². The fourth-order valence-corrected chi connectivity index (χ4v) is 5.10. The topological polar surface area (TPSA) is 49.4 Å². The van der Waals surface area contributed by atoms with E-state index in [1.165, 1.54) is 18.2 Å². The lowest BCUT2D eigenvalue weighted by Crippen LogP contribution is -2.48. The number of nitrogens with one attached hydrogen (secondary N) is 1. The third kappa shape index (κ3) is 4.91. The molecule has 162 valence electrons. The molecule has 4 rings (SSSR count). The highest BCUT2D eigenvalue weighted by Gasteiger charge is 2.34. The zero-order valence-corrected chi connectivity index (χ0v) is 17.3. The van der Waals surface area contributed by atoms with Crippen LogP contribution in [0.3, 0.4) is 0 Å². The van der Waals surface area contributed by atoms with E-state index in [-0.39, 0.29) is 11.3 Å². The van der Waals surface area contributed by atoms with Crippen molar-refractivity contribution >= 4 is 15.7 Å². The van der Waals surface area contributed by atoms with Gasteiger partial charge in [0.1, 0.15) is 0 Å². The molecule has 0 amide bonds. The maximum atomic E-state index is 13.3. The molecule has 0 aromatic heterocycles. The van der Waals surface area contributed by atoms with Crippen LogP contribution in [-0.2, 0) is 29.2 Å². The van der Waals surface area contributed by atoms with E-state index >= 15 is 0 Å². The average molecular weight is 446 g/mol. The fourth-order valence-electron chi connectivity index (χ4n) is 3.85. The van der Waals surface area contributed by atoms with Crippen LogP contribution in [0.15, 0.2) is 83.8 Å². The van der Waals surface area contributed by atoms with Gasteiger partial charge in [0, 0.05) is 24.8 Å². The summed E-state index contributed by atoms with van der Waals surface area (Å²) in [7, 11) is -3.80. The van der Waals surface area contributed by atoms with E-state index in [0.717, 1.165) is 17.7 Å². The van der Waals surface area contributed by atoms with Gasteiger partial charge in [0.05, 0.1) is 10.5 Å². The van der Waals surface area contributed by atoms with Crippen LogP contribution >= 0.6 is 0 Å². The highest BCUT2D eigenvalue weighted by molar-refractivity contribution is 7.89. The van der Waals surface area contributed by atoms with E-state index in [9.17, 15) is 21.6 Å². The Morgan fingerprint density at radius 3 is 2.23 bits per heavy atom. The first-order valence-corrected chi connectivity index (χ1v) is 11.3. The molecular weight excluding hydrogens is 425 g/mol. The third-order valence-electron chi connectivity index (χ3n) is 5.25. The Kier molecular flexibility index (Phi) is 5.77. The zero-order valence-electron chi connectivity index (χ0n) is 16.5. The third-order valence-corrected chi connectivity index (χ3v) is 6.78. The Balaban J connectivity index is 1.66. The van der Waals surface area contributed by atoms with Crippen LogP contribution in [0, 0.1) is 0 Å².